The first-order chi connectivity index (χ1) is 11.8. The third-order valence-corrected chi connectivity index (χ3v) is 7.00. The molecule has 1 amide bonds. The van der Waals surface area contributed by atoms with Crippen molar-refractivity contribution in [3.05, 3.63) is 10.6 Å². The highest BCUT2D eigenvalue weighted by atomic mass is 32.2. The Balaban J connectivity index is 1.80. The average Bonchev–Trinajstić information content (AvgIpc) is 3.10. The largest absolute Gasteiger partial charge is 0.477 e. The monoisotopic (exact) mass is 367 g/mol. The van der Waals surface area contributed by atoms with Crippen molar-refractivity contribution in [2.24, 2.45) is 11.8 Å². The molecule has 4 unspecified atom stereocenters. The molecule has 7 nitrogen and oxygen atoms in total. The Bertz CT molecular complexity index is 648. The van der Waals surface area contributed by atoms with Crippen LogP contribution in [-0.4, -0.2) is 68.2 Å². The lowest BCUT2D eigenvalue weighted by atomic mass is 9.79. The minimum atomic E-state index is -1.08. The molecule has 3 aliphatic heterocycles. The van der Waals surface area contributed by atoms with Crippen LogP contribution in [0.5, 0.6) is 0 Å². The number of hydrogen-bond acceptors (Lipinski definition) is 5. The maximum absolute atomic E-state index is 12.3. The summed E-state index contributed by atoms with van der Waals surface area (Å²) in [6.45, 7) is 7.04. The number of amides is 1. The highest BCUT2D eigenvalue weighted by molar-refractivity contribution is 8.03. The van der Waals surface area contributed by atoms with Gasteiger partial charge in [-0.3, -0.25) is 10.2 Å². The van der Waals surface area contributed by atoms with Crippen LogP contribution in [0.1, 0.15) is 33.6 Å². The molecular formula is C17H25N3O4S. The number of aliphatic hydroxyl groups is 1. The second-order valence-corrected chi connectivity index (χ2v) is 8.39. The number of fused-ring (bicyclic) bond motifs is 1. The van der Waals surface area contributed by atoms with Crippen molar-refractivity contribution < 1.29 is 19.8 Å². The molecule has 0 spiro atoms. The molecule has 8 heteroatoms. The summed E-state index contributed by atoms with van der Waals surface area (Å²) in [6, 6.07) is -0.257. The summed E-state index contributed by atoms with van der Waals surface area (Å²) in [5.41, 5.74) is 0.0911. The molecule has 138 valence electrons. The third-order valence-electron chi connectivity index (χ3n) is 5.47. The number of carbonyl (C=O) groups is 2. The SMILES string of the molecule is CCC(=N)N1CCC(SC2=C(C(=O)O)N3C(=O)C(C(C)O)[C@H]3C2C)C1. The molecule has 0 bridgehead atoms. The molecule has 5 atom stereocenters. The van der Waals surface area contributed by atoms with Gasteiger partial charge in [-0.15, -0.1) is 11.8 Å². The third kappa shape index (κ3) is 2.85. The van der Waals surface area contributed by atoms with Crippen molar-refractivity contribution in [1.29, 1.82) is 5.41 Å². The number of thioether (sulfide) groups is 1. The van der Waals surface area contributed by atoms with Crippen molar-refractivity contribution in [2.45, 2.75) is 51.0 Å². The van der Waals surface area contributed by atoms with Crippen LogP contribution < -0.4 is 0 Å². The van der Waals surface area contributed by atoms with Crippen molar-refractivity contribution in [3.63, 3.8) is 0 Å². The zero-order chi connectivity index (χ0) is 18.5. The van der Waals surface area contributed by atoms with E-state index < -0.39 is 18.0 Å². The Morgan fingerprint density at radius 2 is 2.16 bits per heavy atom. The quantitative estimate of drug-likeness (QED) is 0.385. The Labute approximate surface area is 151 Å². The van der Waals surface area contributed by atoms with Crippen LogP contribution in [0.25, 0.3) is 0 Å². The maximum atomic E-state index is 12.3. The minimum Gasteiger partial charge on any atom is -0.477 e. The molecule has 3 N–H and O–H groups in total. The molecule has 0 aromatic carbocycles. The van der Waals surface area contributed by atoms with E-state index in [1.165, 1.54) is 16.7 Å². The molecule has 0 aromatic rings. The van der Waals surface area contributed by atoms with E-state index in [4.69, 9.17) is 5.41 Å². The summed E-state index contributed by atoms with van der Waals surface area (Å²) in [4.78, 5) is 28.3. The topological polar surface area (TPSA) is 105 Å². The second-order valence-electron chi connectivity index (χ2n) is 7.05. The maximum Gasteiger partial charge on any atom is 0.353 e. The van der Waals surface area contributed by atoms with Gasteiger partial charge in [-0.1, -0.05) is 13.8 Å². The van der Waals surface area contributed by atoms with Gasteiger partial charge in [0, 0.05) is 35.6 Å². The first-order valence-corrected chi connectivity index (χ1v) is 9.63. The Morgan fingerprint density at radius 1 is 1.48 bits per heavy atom. The zero-order valence-electron chi connectivity index (χ0n) is 14.7. The van der Waals surface area contributed by atoms with Crippen LogP contribution in [0.2, 0.25) is 0 Å². The lowest BCUT2D eigenvalue weighted by Gasteiger charge is -2.46. The van der Waals surface area contributed by atoms with E-state index in [0.29, 0.717) is 12.3 Å². The first-order valence-electron chi connectivity index (χ1n) is 8.75. The van der Waals surface area contributed by atoms with E-state index in [9.17, 15) is 19.8 Å². The number of β-lactam (4-membered cyclic amide) rings is 1. The van der Waals surface area contributed by atoms with Crippen LogP contribution in [0.3, 0.4) is 0 Å². The molecule has 0 saturated carbocycles. The van der Waals surface area contributed by atoms with Gasteiger partial charge >= 0.3 is 5.97 Å². The minimum absolute atomic E-state index is 0.0897. The van der Waals surface area contributed by atoms with E-state index in [1.54, 1.807) is 6.92 Å². The van der Waals surface area contributed by atoms with Crippen LogP contribution in [-0.2, 0) is 9.59 Å². The molecule has 0 aliphatic carbocycles. The lowest BCUT2D eigenvalue weighted by Crippen LogP contribution is -2.63. The Morgan fingerprint density at radius 3 is 2.72 bits per heavy atom. The van der Waals surface area contributed by atoms with Gasteiger partial charge in [-0.05, 0) is 13.3 Å². The van der Waals surface area contributed by atoms with Crippen LogP contribution in [0.4, 0.5) is 0 Å². The number of nitrogens with one attached hydrogen (secondary N) is 1. The number of rotatable bonds is 5. The number of likely N-dealkylation sites (tertiary alicyclic amines) is 1. The predicted molar refractivity (Wildman–Crippen MR) is 95.2 cm³/mol. The van der Waals surface area contributed by atoms with Gasteiger partial charge in [0.25, 0.3) is 0 Å². The van der Waals surface area contributed by atoms with Crippen molar-refractivity contribution in [2.75, 3.05) is 13.1 Å². The van der Waals surface area contributed by atoms with Crippen molar-refractivity contribution in [1.82, 2.24) is 9.80 Å². The first kappa shape index (κ1) is 18.3. The van der Waals surface area contributed by atoms with Crippen molar-refractivity contribution >= 4 is 29.5 Å². The summed E-state index contributed by atoms with van der Waals surface area (Å²) in [5.74, 6) is -1.36. The van der Waals surface area contributed by atoms with Crippen LogP contribution in [0, 0.1) is 17.2 Å². The highest BCUT2D eigenvalue weighted by Crippen LogP contribution is 2.51. The summed E-state index contributed by atoms with van der Waals surface area (Å²) >= 11 is 1.54. The van der Waals surface area contributed by atoms with Gasteiger partial charge in [0.1, 0.15) is 5.70 Å². The van der Waals surface area contributed by atoms with E-state index in [2.05, 4.69) is 0 Å². The van der Waals surface area contributed by atoms with Crippen LogP contribution >= 0.6 is 11.8 Å². The molecule has 3 aliphatic rings. The Hall–Kier alpha value is -1.54. The number of nitrogens with zero attached hydrogens (tertiary/aromatic N) is 2. The highest BCUT2D eigenvalue weighted by Gasteiger charge is 2.60. The normalized spacial score (nSPS) is 32.7. The smallest absolute Gasteiger partial charge is 0.353 e. The summed E-state index contributed by atoms with van der Waals surface area (Å²) in [5, 5.41) is 27.7. The van der Waals surface area contributed by atoms with Gasteiger partial charge in [-0.2, -0.15) is 0 Å². The Kier molecular flexibility index (Phi) is 4.85. The average molecular weight is 367 g/mol. The molecule has 2 fully saturated rings. The zero-order valence-corrected chi connectivity index (χ0v) is 15.5. The molecule has 0 aromatic heterocycles. The molecule has 3 rings (SSSR count). The van der Waals surface area contributed by atoms with E-state index in [0.717, 1.165) is 24.4 Å². The van der Waals surface area contributed by atoms with Crippen molar-refractivity contribution in [3.8, 4) is 0 Å². The number of amidine groups is 1. The molecule has 0 radical (unpaired) electrons. The van der Waals surface area contributed by atoms with Gasteiger partial charge < -0.3 is 20.0 Å². The van der Waals surface area contributed by atoms with Crippen LogP contribution in [0.15, 0.2) is 10.6 Å². The standard InChI is InChI=1S/C17H25N3O4S/c1-4-11(18)19-6-5-10(7-19)25-15-8(2)13-12(9(3)21)16(22)20(13)14(15)17(23)24/h8-10,12-13,18,21H,4-7H2,1-3H3,(H,23,24)/t8?,9?,10?,12?,13-/m1/s1. The number of hydrogen-bond donors (Lipinski definition) is 3. The molecule has 2 saturated heterocycles. The van der Waals surface area contributed by atoms with Gasteiger partial charge in [0.05, 0.1) is 23.9 Å². The van der Waals surface area contributed by atoms with E-state index >= 15 is 0 Å². The van der Waals surface area contributed by atoms with E-state index in [1.807, 2.05) is 18.7 Å². The van der Waals surface area contributed by atoms with Gasteiger partial charge in [-0.25, -0.2) is 4.79 Å². The fraction of sp³-hybridized carbons (Fsp3) is 0.706. The van der Waals surface area contributed by atoms with Gasteiger partial charge in [0.15, 0.2) is 0 Å². The number of carboxylic acid groups (broad SMARTS) is 1. The molecule has 3 heterocycles. The summed E-state index contributed by atoms with van der Waals surface area (Å²) < 4.78 is 0. The van der Waals surface area contributed by atoms with Gasteiger partial charge in [0.2, 0.25) is 5.91 Å². The number of aliphatic carboxylic acids is 1. The fourth-order valence-corrected chi connectivity index (χ4v) is 5.64. The number of carboxylic acids is 1. The second kappa shape index (κ2) is 6.64. The summed E-state index contributed by atoms with van der Waals surface area (Å²) in [7, 11) is 0. The number of carbonyl (C=O) groups excluding carboxylic acids is 1. The van der Waals surface area contributed by atoms with E-state index in [-0.39, 0.29) is 28.8 Å². The predicted octanol–water partition coefficient (Wildman–Crippen LogP) is 1.33. The number of aliphatic hydroxyl groups excluding tert-OH is 1. The molecular weight excluding hydrogens is 342 g/mol. The lowest BCUT2D eigenvalue weighted by molar-refractivity contribution is -0.163. The molecule has 25 heavy (non-hydrogen) atoms. The summed E-state index contributed by atoms with van der Waals surface area (Å²) in [6.07, 6.45) is 0.814. The fourth-order valence-electron chi connectivity index (χ4n) is 4.15.